The lowest BCUT2D eigenvalue weighted by Gasteiger charge is -2.34. The quantitative estimate of drug-likeness (QED) is 0.867. The van der Waals surface area contributed by atoms with E-state index in [9.17, 15) is 4.79 Å². The highest BCUT2D eigenvalue weighted by atomic mass is 16.5. The van der Waals surface area contributed by atoms with Gasteiger partial charge in [0.05, 0.1) is 19.3 Å². The molecule has 1 saturated heterocycles. The third-order valence-electron chi connectivity index (χ3n) is 5.13. The Bertz CT molecular complexity index is 535. The summed E-state index contributed by atoms with van der Waals surface area (Å²) in [6, 6.07) is 4.06. The number of carbonyl (C=O) groups is 1. The maximum Gasteiger partial charge on any atom is 0.317 e. The summed E-state index contributed by atoms with van der Waals surface area (Å²) in [4.78, 5) is 16.5. The monoisotopic (exact) mass is 335 g/mol. The van der Waals surface area contributed by atoms with Crippen LogP contribution < -0.4 is 5.32 Å². The first-order chi connectivity index (χ1) is 11.6. The zero-order chi connectivity index (χ0) is 16.9. The van der Waals surface area contributed by atoms with Crippen LogP contribution in [0.5, 0.6) is 0 Å². The van der Waals surface area contributed by atoms with E-state index in [2.05, 4.69) is 10.2 Å². The van der Waals surface area contributed by atoms with Crippen molar-refractivity contribution in [3.63, 3.8) is 0 Å². The topological polar surface area (TPSA) is 58.0 Å². The van der Waals surface area contributed by atoms with Crippen molar-refractivity contribution in [3.8, 4) is 0 Å². The van der Waals surface area contributed by atoms with Gasteiger partial charge in [-0.1, -0.05) is 6.42 Å². The molecule has 0 spiro atoms. The van der Waals surface area contributed by atoms with Crippen LogP contribution in [-0.2, 0) is 4.74 Å². The Hall–Kier alpha value is -1.53. The van der Waals surface area contributed by atoms with E-state index in [1.165, 1.54) is 19.3 Å². The molecule has 0 aromatic carbocycles. The first-order valence-electron chi connectivity index (χ1n) is 9.00. The smallest absolute Gasteiger partial charge is 0.317 e. The Labute approximate surface area is 144 Å². The zero-order valence-electron chi connectivity index (χ0n) is 14.8. The van der Waals surface area contributed by atoms with Crippen LogP contribution in [0.4, 0.5) is 4.79 Å². The van der Waals surface area contributed by atoms with Gasteiger partial charge in [-0.3, -0.25) is 4.90 Å². The minimum Gasteiger partial charge on any atom is -0.465 e. The fourth-order valence-electron chi connectivity index (χ4n) is 3.40. The van der Waals surface area contributed by atoms with Crippen LogP contribution >= 0.6 is 0 Å². The molecule has 2 aliphatic rings. The first kappa shape index (κ1) is 17.3. The second-order valence-electron chi connectivity index (χ2n) is 6.98. The molecule has 1 aromatic heterocycles. The van der Waals surface area contributed by atoms with Crippen LogP contribution in [0.15, 0.2) is 16.5 Å². The van der Waals surface area contributed by atoms with Crippen LogP contribution in [0.3, 0.4) is 0 Å². The summed E-state index contributed by atoms with van der Waals surface area (Å²) in [5, 5.41) is 3.09. The van der Waals surface area contributed by atoms with Gasteiger partial charge in [-0.25, -0.2) is 4.79 Å². The molecule has 1 atom stereocenters. The molecule has 24 heavy (non-hydrogen) atoms. The predicted octanol–water partition coefficient (Wildman–Crippen LogP) is 2.40. The molecule has 2 fully saturated rings. The summed E-state index contributed by atoms with van der Waals surface area (Å²) < 4.78 is 11.3. The first-order valence-corrected chi connectivity index (χ1v) is 9.00. The minimum atomic E-state index is 0.00318. The van der Waals surface area contributed by atoms with Crippen LogP contribution in [-0.4, -0.2) is 62.3 Å². The lowest BCUT2D eigenvalue weighted by molar-refractivity contribution is 0.0119. The number of aryl methyl sites for hydroxylation is 1. The van der Waals surface area contributed by atoms with Gasteiger partial charge in [0.25, 0.3) is 0 Å². The molecule has 1 saturated carbocycles. The molecule has 1 aliphatic heterocycles. The van der Waals surface area contributed by atoms with Gasteiger partial charge >= 0.3 is 6.03 Å². The van der Waals surface area contributed by atoms with E-state index in [1.54, 1.807) is 0 Å². The molecule has 1 aliphatic carbocycles. The number of urea groups is 1. The molecule has 2 amide bonds. The van der Waals surface area contributed by atoms with Gasteiger partial charge in [-0.2, -0.15) is 0 Å². The van der Waals surface area contributed by atoms with Gasteiger partial charge < -0.3 is 19.4 Å². The molecule has 1 unspecified atom stereocenters. The van der Waals surface area contributed by atoms with Gasteiger partial charge in [0.2, 0.25) is 0 Å². The molecule has 3 rings (SSSR count). The Morgan fingerprint density at radius 1 is 1.38 bits per heavy atom. The predicted molar refractivity (Wildman–Crippen MR) is 91.9 cm³/mol. The number of nitrogens with one attached hydrogen (secondary N) is 1. The maximum absolute atomic E-state index is 12.4. The van der Waals surface area contributed by atoms with E-state index in [0.717, 1.165) is 44.4 Å². The van der Waals surface area contributed by atoms with Crippen molar-refractivity contribution in [2.75, 3.05) is 46.4 Å². The van der Waals surface area contributed by atoms with E-state index in [0.29, 0.717) is 12.5 Å². The third-order valence-corrected chi connectivity index (χ3v) is 5.13. The largest absolute Gasteiger partial charge is 0.465 e. The normalized spacial score (nSPS) is 20.4. The van der Waals surface area contributed by atoms with Crippen molar-refractivity contribution in [3.05, 3.63) is 23.7 Å². The molecule has 6 heteroatoms. The summed E-state index contributed by atoms with van der Waals surface area (Å²) in [6.07, 6.45) is 3.80. The van der Waals surface area contributed by atoms with Gasteiger partial charge in [0.15, 0.2) is 0 Å². The molecule has 0 bridgehead atoms. The molecule has 2 heterocycles. The molecule has 6 nitrogen and oxygen atoms in total. The van der Waals surface area contributed by atoms with Gasteiger partial charge in [0, 0.05) is 33.2 Å². The Morgan fingerprint density at radius 3 is 2.71 bits per heavy atom. The van der Waals surface area contributed by atoms with Gasteiger partial charge in [0.1, 0.15) is 11.5 Å². The highest BCUT2D eigenvalue weighted by molar-refractivity contribution is 5.73. The molecule has 134 valence electrons. The number of nitrogens with zero attached hydrogens (tertiary/aromatic N) is 2. The zero-order valence-corrected chi connectivity index (χ0v) is 14.8. The van der Waals surface area contributed by atoms with Crippen molar-refractivity contribution in [1.29, 1.82) is 0 Å². The Balaban J connectivity index is 1.57. The SMILES string of the molecule is Cc1ccc(C(CNC(=O)N(C)CC2CCC2)N2CCOCC2)o1. The third kappa shape index (κ3) is 4.30. The number of hydrogen-bond donors (Lipinski definition) is 1. The lowest BCUT2D eigenvalue weighted by Crippen LogP contribution is -2.47. The van der Waals surface area contributed by atoms with Crippen molar-refractivity contribution in [1.82, 2.24) is 15.1 Å². The van der Waals surface area contributed by atoms with E-state index < -0.39 is 0 Å². The van der Waals surface area contributed by atoms with Crippen LogP contribution in [0, 0.1) is 12.8 Å². The average molecular weight is 335 g/mol. The van der Waals surface area contributed by atoms with E-state index in [1.807, 2.05) is 31.0 Å². The average Bonchev–Trinajstić information content (AvgIpc) is 2.98. The van der Waals surface area contributed by atoms with Crippen LogP contribution in [0.25, 0.3) is 0 Å². The van der Waals surface area contributed by atoms with Crippen molar-refractivity contribution in [2.24, 2.45) is 5.92 Å². The van der Waals surface area contributed by atoms with Crippen molar-refractivity contribution >= 4 is 6.03 Å². The van der Waals surface area contributed by atoms with Crippen LogP contribution in [0.1, 0.15) is 36.8 Å². The minimum absolute atomic E-state index is 0.00318. The van der Waals surface area contributed by atoms with Crippen LogP contribution in [0.2, 0.25) is 0 Å². The second kappa shape index (κ2) is 8.03. The Morgan fingerprint density at radius 2 is 2.12 bits per heavy atom. The fraction of sp³-hybridized carbons (Fsp3) is 0.722. The number of ether oxygens (including phenoxy) is 1. The number of hydrogen-bond acceptors (Lipinski definition) is 4. The van der Waals surface area contributed by atoms with E-state index >= 15 is 0 Å². The van der Waals surface area contributed by atoms with Crippen molar-refractivity contribution in [2.45, 2.75) is 32.2 Å². The number of morpholine rings is 1. The summed E-state index contributed by atoms with van der Waals surface area (Å²) in [5.74, 6) is 2.50. The molecular weight excluding hydrogens is 306 g/mol. The Kier molecular flexibility index (Phi) is 5.79. The fourth-order valence-corrected chi connectivity index (χ4v) is 3.40. The number of rotatable bonds is 6. The molecular formula is C18H29N3O3. The molecule has 0 radical (unpaired) electrons. The second-order valence-corrected chi connectivity index (χ2v) is 6.98. The number of furan rings is 1. The van der Waals surface area contributed by atoms with E-state index in [-0.39, 0.29) is 12.1 Å². The summed E-state index contributed by atoms with van der Waals surface area (Å²) in [6.45, 7) is 6.54. The van der Waals surface area contributed by atoms with Gasteiger partial charge in [-0.05, 0) is 37.8 Å². The maximum atomic E-state index is 12.4. The highest BCUT2D eigenvalue weighted by Gasteiger charge is 2.27. The summed E-state index contributed by atoms with van der Waals surface area (Å²) >= 11 is 0. The standard InChI is InChI=1S/C18H29N3O3/c1-14-6-7-17(24-14)16(21-8-10-23-11-9-21)12-19-18(22)20(2)13-15-4-3-5-15/h6-7,15-16H,3-5,8-13H2,1-2H3,(H,19,22). The summed E-state index contributed by atoms with van der Waals surface area (Å²) in [5.41, 5.74) is 0. The molecule has 1 aromatic rings. The number of amides is 2. The van der Waals surface area contributed by atoms with E-state index in [4.69, 9.17) is 9.15 Å². The van der Waals surface area contributed by atoms with Gasteiger partial charge in [-0.15, -0.1) is 0 Å². The molecule has 1 N–H and O–H groups in total. The van der Waals surface area contributed by atoms with Crippen molar-refractivity contribution < 1.29 is 13.9 Å². The lowest BCUT2D eigenvalue weighted by atomic mass is 9.85. The highest BCUT2D eigenvalue weighted by Crippen LogP contribution is 2.27. The number of carbonyl (C=O) groups excluding carboxylic acids is 1. The summed E-state index contributed by atoms with van der Waals surface area (Å²) in [7, 11) is 1.88.